The van der Waals surface area contributed by atoms with Crippen LogP contribution >= 0.6 is 0 Å². The minimum absolute atomic E-state index is 0.160. The number of amides is 1. The number of nitrogens with one attached hydrogen (secondary N) is 1. The third-order valence-corrected chi connectivity index (χ3v) is 4.11. The van der Waals surface area contributed by atoms with E-state index in [0.717, 1.165) is 31.6 Å². The number of H-pyrrole nitrogens is 1. The fourth-order valence-corrected chi connectivity index (χ4v) is 2.82. The molecule has 1 aliphatic rings. The predicted octanol–water partition coefficient (Wildman–Crippen LogP) is 1.33. The predicted molar refractivity (Wildman–Crippen MR) is 87.1 cm³/mol. The number of carbonyl (C=O) groups excluding carboxylic acids is 1. The molecule has 0 unspecified atom stereocenters. The average Bonchev–Trinajstić information content (AvgIpc) is 3.27. The highest BCUT2D eigenvalue weighted by Crippen LogP contribution is 2.20. The summed E-state index contributed by atoms with van der Waals surface area (Å²) in [6.45, 7) is 4.58. The molecule has 1 aliphatic heterocycles. The first-order valence-corrected chi connectivity index (χ1v) is 8.52. The summed E-state index contributed by atoms with van der Waals surface area (Å²) in [6, 6.07) is 0. The van der Waals surface area contributed by atoms with Gasteiger partial charge in [0.05, 0.1) is 19.5 Å². The number of ether oxygens (including phenoxy) is 1. The molecule has 24 heavy (non-hydrogen) atoms. The number of aryl methyl sites for hydroxylation is 2. The summed E-state index contributed by atoms with van der Waals surface area (Å²) in [5.74, 6) is 1.68. The van der Waals surface area contributed by atoms with E-state index in [0.29, 0.717) is 31.9 Å². The number of carbonyl (C=O) groups is 1. The van der Waals surface area contributed by atoms with Gasteiger partial charge in [0.15, 0.2) is 5.82 Å². The zero-order valence-corrected chi connectivity index (χ0v) is 14.0. The molecular formula is C16H24N6O2. The van der Waals surface area contributed by atoms with E-state index < -0.39 is 0 Å². The summed E-state index contributed by atoms with van der Waals surface area (Å²) in [6.07, 6.45) is 8.41. The van der Waals surface area contributed by atoms with Crippen molar-refractivity contribution in [2.45, 2.75) is 45.3 Å². The molecule has 1 atom stereocenters. The van der Waals surface area contributed by atoms with E-state index in [1.54, 1.807) is 12.5 Å². The molecule has 8 heteroatoms. The van der Waals surface area contributed by atoms with E-state index >= 15 is 0 Å². The molecule has 0 spiro atoms. The molecule has 1 N–H and O–H groups in total. The van der Waals surface area contributed by atoms with Crippen molar-refractivity contribution < 1.29 is 9.53 Å². The van der Waals surface area contributed by atoms with Crippen LogP contribution in [0, 0.1) is 0 Å². The summed E-state index contributed by atoms with van der Waals surface area (Å²) in [4.78, 5) is 22.7. The van der Waals surface area contributed by atoms with Gasteiger partial charge in [0, 0.05) is 38.3 Å². The highest BCUT2D eigenvalue weighted by molar-refractivity contribution is 5.76. The molecule has 1 saturated heterocycles. The largest absolute Gasteiger partial charge is 0.366 e. The standard InChI is InChI=1S/C16H24N6O2/c1-2-4-14-18-16(20-19-14)13-11-22(9-10-24-13)15(23)5-3-7-21-8-6-17-12-21/h6,8,12-13H,2-5,7,9-11H2,1H3,(H,18,19,20)/t13-/m1/s1. The second-order valence-corrected chi connectivity index (χ2v) is 5.99. The van der Waals surface area contributed by atoms with Crippen LogP contribution in [0.1, 0.15) is 43.9 Å². The first-order valence-electron chi connectivity index (χ1n) is 8.52. The second kappa shape index (κ2) is 8.05. The summed E-state index contributed by atoms with van der Waals surface area (Å²) in [5.41, 5.74) is 0. The van der Waals surface area contributed by atoms with E-state index in [-0.39, 0.29) is 12.0 Å². The van der Waals surface area contributed by atoms with Crippen LogP contribution in [0.5, 0.6) is 0 Å². The van der Waals surface area contributed by atoms with E-state index in [1.807, 2.05) is 15.7 Å². The van der Waals surface area contributed by atoms with Crippen molar-refractivity contribution >= 4 is 5.91 Å². The Hall–Kier alpha value is -2.22. The average molecular weight is 332 g/mol. The van der Waals surface area contributed by atoms with Crippen molar-refractivity contribution in [2.24, 2.45) is 0 Å². The third-order valence-electron chi connectivity index (χ3n) is 4.11. The van der Waals surface area contributed by atoms with Gasteiger partial charge in [-0.1, -0.05) is 6.92 Å². The number of aromatic nitrogens is 5. The van der Waals surface area contributed by atoms with Crippen molar-refractivity contribution in [3.05, 3.63) is 30.4 Å². The van der Waals surface area contributed by atoms with Gasteiger partial charge in [-0.05, 0) is 12.8 Å². The Kier molecular flexibility index (Phi) is 5.58. The summed E-state index contributed by atoms with van der Waals surface area (Å²) in [5, 5.41) is 7.18. The van der Waals surface area contributed by atoms with Gasteiger partial charge in [-0.15, -0.1) is 0 Å². The maximum atomic E-state index is 12.4. The van der Waals surface area contributed by atoms with Gasteiger partial charge in [-0.3, -0.25) is 9.89 Å². The van der Waals surface area contributed by atoms with Crippen molar-refractivity contribution in [2.75, 3.05) is 19.7 Å². The van der Waals surface area contributed by atoms with Crippen LogP contribution in [0.2, 0.25) is 0 Å². The lowest BCUT2D eigenvalue weighted by Crippen LogP contribution is -2.42. The van der Waals surface area contributed by atoms with Crippen LogP contribution in [-0.2, 0) is 22.5 Å². The van der Waals surface area contributed by atoms with Gasteiger partial charge in [-0.25, -0.2) is 9.97 Å². The van der Waals surface area contributed by atoms with Crippen LogP contribution in [0.3, 0.4) is 0 Å². The summed E-state index contributed by atoms with van der Waals surface area (Å²) >= 11 is 0. The molecule has 0 radical (unpaired) electrons. The Balaban J connectivity index is 1.49. The van der Waals surface area contributed by atoms with Crippen LogP contribution < -0.4 is 0 Å². The number of rotatable bonds is 7. The van der Waals surface area contributed by atoms with Crippen LogP contribution in [0.25, 0.3) is 0 Å². The minimum Gasteiger partial charge on any atom is -0.366 e. The Labute approximate surface area is 141 Å². The molecule has 3 rings (SSSR count). The molecule has 3 heterocycles. The van der Waals surface area contributed by atoms with E-state index in [9.17, 15) is 4.79 Å². The molecule has 0 aliphatic carbocycles. The molecule has 8 nitrogen and oxygen atoms in total. The Morgan fingerprint density at radius 1 is 1.50 bits per heavy atom. The first kappa shape index (κ1) is 16.6. The van der Waals surface area contributed by atoms with Gasteiger partial charge < -0.3 is 14.2 Å². The number of imidazole rings is 1. The topological polar surface area (TPSA) is 88.9 Å². The van der Waals surface area contributed by atoms with Gasteiger partial charge >= 0.3 is 0 Å². The SMILES string of the molecule is CCCc1nc([C@H]2CN(C(=O)CCCn3ccnc3)CCO2)n[nH]1. The van der Waals surface area contributed by atoms with Crippen molar-refractivity contribution in [3.63, 3.8) is 0 Å². The quantitative estimate of drug-likeness (QED) is 0.826. The van der Waals surface area contributed by atoms with E-state index in [1.165, 1.54) is 0 Å². The molecule has 2 aromatic heterocycles. The molecule has 1 amide bonds. The molecule has 1 fully saturated rings. The zero-order valence-electron chi connectivity index (χ0n) is 14.0. The highest BCUT2D eigenvalue weighted by atomic mass is 16.5. The lowest BCUT2D eigenvalue weighted by molar-refractivity contribution is -0.139. The summed E-state index contributed by atoms with van der Waals surface area (Å²) < 4.78 is 7.73. The Morgan fingerprint density at radius 3 is 3.21 bits per heavy atom. The van der Waals surface area contributed by atoms with Crippen molar-refractivity contribution in [1.82, 2.24) is 29.6 Å². The van der Waals surface area contributed by atoms with Crippen molar-refractivity contribution in [1.29, 1.82) is 0 Å². The molecule has 2 aromatic rings. The van der Waals surface area contributed by atoms with E-state index in [4.69, 9.17) is 4.74 Å². The molecular weight excluding hydrogens is 308 g/mol. The number of aromatic amines is 1. The van der Waals surface area contributed by atoms with Gasteiger partial charge in [0.25, 0.3) is 0 Å². The van der Waals surface area contributed by atoms with Crippen molar-refractivity contribution in [3.8, 4) is 0 Å². The summed E-state index contributed by atoms with van der Waals surface area (Å²) in [7, 11) is 0. The maximum Gasteiger partial charge on any atom is 0.222 e. The van der Waals surface area contributed by atoms with Gasteiger partial charge in [0.1, 0.15) is 11.9 Å². The molecule has 130 valence electrons. The first-order chi connectivity index (χ1) is 11.8. The number of hydrogen-bond acceptors (Lipinski definition) is 5. The van der Waals surface area contributed by atoms with Crippen LogP contribution in [-0.4, -0.2) is 55.2 Å². The van der Waals surface area contributed by atoms with E-state index in [2.05, 4.69) is 27.1 Å². The molecule has 0 aromatic carbocycles. The number of nitrogens with zero attached hydrogens (tertiary/aromatic N) is 5. The lowest BCUT2D eigenvalue weighted by atomic mass is 10.2. The third kappa shape index (κ3) is 4.19. The van der Waals surface area contributed by atoms with Crippen LogP contribution in [0.4, 0.5) is 0 Å². The van der Waals surface area contributed by atoms with Crippen LogP contribution in [0.15, 0.2) is 18.7 Å². The zero-order chi connectivity index (χ0) is 16.8. The second-order valence-electron chi connectivity index (χ2n) is 5.99. The highest BCUT2D eigenvalue weighted by Gasteiger charge is 2.27. The molecule has 0 bridgehead atoms. The van der Waals surface area contributed by atoms with Gasteiger partial charge in [-0.2, -0.15) is 5.10 Å². The fraction of sp³-hybridized carbons (Fsp3) is 0.625. The fourth-order valence-electron chi connectivity index (χ4n) is 2.82. The number of morpholine rings is 1. The maximum absolute atomic E-state index is 12.4. The Morgan fingerprint density at radius 2 is 2.42 bits per heavy atom. The normalized spacial score (nSPS) is 18.0. The molecule has 0 saturated carbocycles. The Bertz CT molecular complexity index is 639. The monoisotopic (exact) mass is 332 g/mol. The van der Waals surface area contributed by atoms with Gasteiger partial charge in [0.2, 0.25) is 5.91 Å². The smallest absolute Gasteiger partial charge is 0.222 e. The minimum atomic E-state index is -0.238. The number of hydrogen-bond donors (Lipinski definition) is 1. The lowest BCUT2D eigenvalue weighted by Gasteiger charge is -2.31.